The van der Waals surface area contributed by atoms with E-state index in [2.05, 4.69) is 32.5 Å². The lowest BCUT2D eigenvalue weighted by Crippen LogP contribution is -2.25. The lowest BCUT2D eigenvalue weighted by atomic mass is 10.2. The summed E-state index contributed by atoms with van der Waals surface area (Å²) in [6.07, 6.45) is 3.06. The Bertz CT molecular complexity index is 1200. The summed E-state index contributed by atoms with van der Waals surface area (Å²) in [5, 5.41) is 27.2. The highest BCUT2D eigenvalue weighted by atomic mass is 16.5. The molecule has 1 unspecified atom stereocenters. The van der Waals surface area contributed by atoms with Gasteiger partial charge in [-0.3, -0.25) is 0 Å². The molecule has 0 bridgehead atoms. The van der Waals surface area contributed by atoms with Gasteiger partial charge in [0.15, 0.2) is 0 Å². The van der Waals surface area contributed by atoms with Crippen molar-refractivity contribution in [2.45, 2.75) is 45.1 Å². The molecule has 1 aliphatic rings. The summed E-state index contributed by atoms with van der Waals surface area (Å²) in [5.74, 6) is 0.662. The van der Waals surface area contributed by atoms with Crippen LogP contribution in [-0.4, -0.2) is 56.8 Å². The zero-order valence-corrected chi connectivity index (χ0v) is 18.3. The Kier molecular flexibility index (Phi) is 5.95. The van der Waals surface area contributed by atoms with Crippen molar-refractivity contribution in [3.63, 3.8) is 0 Å². The maximum atomic E-state index is 9.67. The first-order valence-electron chi connectivity index (χ1n) is 10.3. The third-order valence-electron chi connectivity index (χ3n) is 5.20. The first-order valence-corrected chi connectivity index (χ1v) is 10.3. The van der Waals surface area contributed by atoms with Crippen molar-refractivity contribution >= 4 is 22.7 Å². The number of nitrogens with one attached hydrogen (secondary N) is 1. The maximum Gasteiger partial charge on any atom is 0.257 e. The number of ether oxygens (including phenoxy) is 3. The van der Waals surface area contributed by atoms with Crippen LogP contribution in [0.4, 0.5) is 11.6 Å². The van der Waals surface area contributed by atoms with E-state index in [1.165, 1.54) is 4.68 Å². The fourth-order valence-corrected chi connectivity index (χ4v) is 3.63. The van der Waals surface area contributed by atoms with Gasteiger partial charge in [0, 0.05) is 18.7 Å². The molecule has 1 saturated heterocycles. The van der Waals surface area contributed by atoms with Gasteiger partial charge in [-0.15, -0.1) is 5.10 Å². The smallest absolute Gasteiger partial charge is 0.257 e. The molecule has 3 aromatic rings. The van der Waals surface area contributed by atoms with Crippen molar-refractivity contribution in [3.05, 3.63) is 24.2 Å². The molecule has 0 spiro atoms. The van der Waals surface area contributed by atoms with E-state index in [1.54, 1.807) is 32.5 Å². The molecule has 0 radical (unpaired) electrons. The van der Waals surface area contributed by atoms with Gasteiger partial charge in [-0.1, -0.05) is 0 Å². The zero-order chi connectivity index (χ0) is 22.8. The average molecular weight is 436 g/mol. The van der Waals surface area contributed by atoms with Crippen LogP contribution in [0.25, 0.3) is 11.0 Å². The summed E-state index contributed by atoms with van der Waals surface area (Å²) in [6, 6.07) is 5.49. The Morgan fingerprint density at radius 3 is 2.78 bits per heavy atom. The molecule has 11 nitrogen and oxygen atoms in total. The molecule has 1 fully saturated rings. The Hall–Kier alpha value is -3.67. The second-order valence-corrected chi connectivity index (χ2v) is 7.79. The fourth-order valence-electron chi connectivity index (χ4n) is 3.63. The van der Waals surface area contributed by atoms with Gasteiger partial charge in [-0.2, -0.15) is 15.5 Å². The second-order valence-electron chi connectivity index (χ2n) is 7.79. The van der Waals surface area contributed by atoms with Crippen LogP contribution in [0.5, 0.6) is 5.88 Å². The van der Waals surface area contributed by atoms with E-state index in [4.69, 9.17) is 14.2 Å². The van der Waals surface area contributed by atoms with E-state index < -0.39 is 6.04 Å². The van der Waals surface area contributed by atoms with Crippen molar-refractivity contribution in [2.24, 2.45) is 0 Å². The lowest BCUT2D eigenvalue weighted by Gasteiger charge is -2.19. The number of anilines is 2. The molecule has 1 aliphatic heterocycles. The molecule has 0 saturated carbocycles. The number of nitriles is 2. The molecular weight excluding hydrogens is 412 g/mol. The number of aromatic nitrogens is 5. The SMILES string of the molecule is CO[C@H]1COC[C@H]1n1c(C#N)cc2cnc(Nc3cn(C(C)C#N)nc3OC(C)C)nc21. The van der Waals surface area contributed by atoms with E-state index in [-0.39, 0.29) is 18.2 Å². The van der Waals surface area contributed by atoms with Gasteiger partial charge >= 0.3 is 0 Å². The van der Waals surface area contributed by atoms with Crippen LogP contribution >= 0.6 is 0 Å². The molecule has 11 heteroatoms. The van der Waals surface area contributed by atoms with Gasteiger partial charge in [-0.25, -0.2) is 9.67 Å². The first-order chi connectivity index (χ1) is 15.4. The number of nitrogens with zero attached hydrogens (tertiary/aromatic N) is 7. The topological polar surface area (TPSA) is 136 Å². The van der Waals surface area contributed by atoms with Crippen molar-refractivity contribution in [1.82, 2.24) is 24.3 Å². The Labute approximate surface area is 185 Å². The van der Waals surface area contributed by atoms with Gasteiger partial charge in [0.05, 0.1) is 37.6 Å². The number of rotatable bonds is 7. The number of methoxy groups -OCH3 is 1. The summed E-state index contributed by atoms with van der Waals surface area (Å²) < 4.78 is 20.3. The third kappa shape index (κ3) is 3.96. The number of fused-ring (bicyclic) bond motifs is 1. The summed E-state index contributed by atoms with van der Waals surface area (Å²) in [6.45, 7) is 6.41. The third-order valence-corrected chi connectivity index (χ3v) is 5.20. The van der Waals surface area contributed by atoms with Crippen molar-refractivity contribution in [1.29, 1.82) is 10.5 Å². The minimum atomic E-state index is -0.466. The molecule has 1 N–H and O–H groups in total. The molecule has 0 aromatic carbocycles. The first kappa shape index (κ1) is 21.6. The van der Waals surface area contributed by atoms with Gasteiger partial charge in [0.25, 0.3) is 5.88 Å². The Morgan fingerprint density at radius 1 is 1.28 bits per heavy atom. The number of hydrogen-bond donors (Lipinski definition) is 1. The summed E-state index contributed by atoms with van der Waals surface area (Å²) in [5.41, 5.74) is 1.60. The number of hydrogen-bond acceptors (Lipinski definition) is 9. The summed E-state index contributed by atoms with van der Waals surface area (Å²) in [4.78, 5) is 9.05. The van der Waals surface area contributed by atoms with E-state index in [0.717, 1.165) is 5.39 Å². The van der Waals surface area contributed by atoms with Crippen LogP contribution in [0.3, 0.4) is 0 Å². The Morgan fingerprint density at radius 2 is 2.09 bits per heavy atom. The molecule has 3 atom stereocenters. The monoisotopic (exact) mass is 436 g/mol. The average Bonchev–Trinajstić information content (AvgIpc) is 3.49. The standard InChI is InChI=1S/C21H24N8O3/c1-12(2)32-20-16(9-28(27-20)13(3)6-22)25-21-24-8-14-5-15(7-23)29(19(14)26-21)17-10-31-11-18(17)30-4/h5,8-9,12-13,17-18H,10-11H2,1-4H3,(H,24,25,26)/t13?,17-,18+/m1/s1. The van der Waals surface area contributed by atoms with E-state index in [1.807, 2.05) is 18.4 Å². The van der Waals surface area contributed by atoms with Gasteiger partial charge in [0.1, 0.15) is 35.2 Å². The van der Waals surface area contributed by atoms with Crippen LogP contribution in [0, 0.1) is 22.7 Å². The highest BCUT2D eigenvalue weighted by Crippen LogP contribution is 2.31. The van der Waals surface area contributed by atoms with Crippen LogP contribution in [0.15, 0.2) is 18.5 Å². The summed E-state index contributed by atoms with van der Waals surface area (Å²) >= 11 is 0. The van der Waals surface area contributed by atoms with E-state index in [0.29, 0.717) is 42.1 Å². The maximum absolute atomic E-state index is 9.67. The molecular formula is C21H24N8O3. The van der Waals surface area contributed by atoms with Crippen molar-refractivity contribution in [3.8, 4) is 18.0 Å². The largest absolute Gasteiger partial charge is 0.472 e. The predicted molar refractivity (Wildman–Crippen MR) is 114 cm³/mol. The molecule has 0 amide bonds. The van der Waals surface area contributed by atoms with Crippen molar-refractivity contribution in [2.75, 3.05) is 25.6 Å². The van der Waals surface area contributed by atoms with Gasteiger partial charge < -0.3 is 24.1 Å². The second kappa shape index (κ2) is 8.83. The molecule has 4 heterocycles. The summed E-state index contributed by atoms with van der Waals surface area (Å²) in [7, 11) is 1.63. The van der Waals surface area contributed by atoms with Crippen molar-refractivity contribution < 1.29 is 14.2 Å². The van der Waals surface area contributed by atoms with E-state index in [9.17, 15) is 10.5 Å². The van der Waals surface area contributed by atoms with Crippen LogP contribution < -0.4 is 10.1 Å². The highest BCUT2D eigenvalue weighted by molar-refractivity contribution is 5.79. The molecule has 166 valence electrons. The predicted octanol–water partition coefficient (Wildman–Crippen LogP) is 2.70. The molecule has 32 heavy (non-hydrogen) atoms. The fraction of sp³-hybridized carbons (Fsp3) is 0.476. The molecule has 4 rings (SSSR count). The van der Waals surface area contributed by atoms with Crippen LogP contribution in [0.2, 0.25) is 0 Å². The Balaban J connectivity index is 1.74. The normalized spacial score (nSPS) is 19.1. The van der Waals surface area contributed by atoms with Crippen LogP contribution in [0.1, 0.15) is 38.5 Å². The minimum Gasteiger partial charge on any atom is -0.472 e. The van der Waals surface area contributed by atoms with Gasteiger partial charge in [-0.05, 0) is 26.8 Å². The van der Waals surface area contributed by atoms with E-state index >= 15 is 0 Å². The van der Waals surface area contributed by atoms with Crippen LogP contribution in [-0.2, 0) is 9.47 Å². The highest BCUT2D eigenvalue weighted by Gasteiger charge is 2.32. The quantitative estimate of drug-likeness (QED) is 0.593. The zero-order valence-electron chi connectivity index (χ0n) is 18.3. The minimum absolute atomic E-state index is 0.108. The lowest BCUT2D eigenvalue weighted by molar-refractivity contribution is 0.0690. The molecule has 3 aromatic heterocycles. The molecule has 0 aliphatic carbocycles. The van der Waals surface area contributed by atoms with Gasteiger partial charge in [0.2, 0.25) is 5.95 Å².